The number of hydrogen-bond acceptors (Lipinski definition) is 6. The van der Waals surface area contributed by atoms with Crippen molar-refractivity contribution >= 4 is 23.3 Å². The van der Waals surface area contributed by atoms with Crippen molar-refractivity contribution in [2.24, 2.45) is 5.92 Å². The summed E-state index contributed by atoms with van der Waals surface area (Å²) in [5.41, 5.74) is 10.1. The van der Waals surface area contributed by atoms with Gasteiger partial charge in [0.15, 0.2) is 0 Å². The first-order chi connectivity index (χ1) is 18.3. The van der Waals surface area contributed by atoms with Crippen molar-refractivity contribution in [3.8, 4) is 5.75 Å². The molecule has 1 saturated heterocycles. The molecule has 1 saturated carbocycles. The summed E-state index contributed by atoms with van der Waals surface area (Å²) in [6.07, 6.45) is 8.22. The summed E-state index contributed by atoms with van der Waals surface area (Å²) < 4.78 is 10.7. The van der Waals surface area contributed by atoms with Gasteiger partial charge in [-0.1, -0.05) is 44.4 Å². The van der Waals surface area contributed by atoms with Crippen molar-refractivity contribution in [2.75, 3.05) is 52.7 Å². The van der Waals surface area contributed by atoms with Crippen LogP contribution in [0.3, 0.4) is 0 Å². The Morgan fingerprint density at radius 3 is 2.66 bits per heavy atom. The van der Waals surface area contributed by atoms with Gasteiger partial charge in [0, 0.05) is 23.7 Å². The van der Waals surface area contributed by atoms with Crippen LogP contribution >= 0.6 is 11.6 Å². The van der Waals surface area contributed by atoms with Crippen LogP contribution < -0.4 is 10.5 Å². The number of benzene rings is 2. The number of carbonyl (C=O) groups is 1. The van der Waals surface area contributed by atoms with Crippen LogP contribution in [0.5, 0.6) is 5.75 Å². The molecular formula is C31H44ClN3O3. The van der Waals surface area contributed by atoms with Crippen LogP contribution in [0.2, 0.25) is 5.02 Å². The molecule has 2 N–H and O–H groups in total. The minimum absolute atomic E-state index is 0.322. The van der Waals surface area contributed by atoms with E-state index in [9.17, 15) is 4.79 Å². The van der Waals surface area contributed by atoms with Crippen LogP contribution in [-0.4, -0.2) is 68.8 Å². The van der Waals surface area contributed by atoms with E-state index in [1.54, 1.807) is 36.4 Å². The van der Waals surface area contributed by atoms with E-state index in [2.05, 4.69) is 48.9 Å². The lowest BCUT2D eigenvalue weighted by atomic mass is 9.52. The quantitative estimate of drug-likeness (QED) is 0.353. The van der Waals surface area contributed by atoms with Crippen LogP contribution in [0.1, 0.15) is 67.4 Å². The molecule has 1 heterocycles. The summed E-state index contributed by atoms with van der Waals surface area (Å²) in [6, 6.07) is 12.4. The Morgan fingerprint density at radius 1 is 1.16 bits per heavy atom. The molecule has 0 radical (unpaired) electrons. The summed E-state index contributed by atoms with van der Waals surface area (Å²) in [6.45, 7) is 8.38. The van der Waals surface area contributed by atoms with E-state index in [1.165, 1.54) is 45.1 Å². The fourth-order valence-electron chi connectivity index (χ4n) is 6.88. The SMILES string of the molecule is CCN(CC)CCOC(=O)c1ccc(N)cc1Cl.COc1ccc2c(c1)[C@@]13CCCC[C@@H]1[C@@H](C2)N(C)CC3. The van der Waals surface area contributed by atoms with Gasteiger partial charge < -0.3 is 25.0 Å². The molecule has 1 aliphatic heterocycles. The average molecular weight is 542 g/mol. The highest BCUT2D eigenvalue weighted by atomic mass is 35.5. The molecule has 3 atom stereocenters. The smallest absolute Gasteiger partial charge is 0.339 e. The van der Waals surface area contributed by atoms with E-state index in [0.717, 1.165) is 37.3 Å². The lowest BCUT2D eigenvalue weighted by Gasteiger charge is -2.58. The minimum atomic E-state index is -0.410. The standard InChI is InChI=1S/C18H25NO.C13H19ClN2O2/c1-19-10-9-18-8-4-3-5-15(18)17(19)11-13-6-7-14(20-2)12-16(13)18;1-3-16(4-2)7-8-18-13(17)11-6-5-10(15)9-12(11)14/h6-7,12,15,17H,3-5,8-11H2,1-2H3;5-6,9H,3-4,7-8,15H2,1-2H3/t15-,17-,18-;/m1./s1. The normalized spacial score (nSPS) is 24.1. The van der Waals surface area contributed by atoms with Gasteiger partial charge in [-0.15, -0.1) is 0 Å². The maximum atomic E-state index is 11.8. The number of esters is 1. The van der Waals surface area contributed by atoms with Gasteiger partial charge in [0.05, 0.1) is 17.7 Å². The Hall–Kier alpha value is -2.28. The number of rotatable bonds is 7. The van der Waals surface area contributed by atoms with E-state index in [4.69, 9.17) is 26.8 Å². The van der Waals surface area contributed by atoms with Gasteiger partial charge in [-0.25, -0.2) is 4.79 Å². The maximum Gasteiger partial charge on any atom is 0.339 e. The molecule has 3 aliphatic rings. The summed E-state index contributed by atoms with van der Waals surface area (Å²) in [5.74, 6) is 1.50. The zero-order valence-electron chi connectivity index (χ0n) is 23.5. The van der Waals surface area contributed by atoms with E-state index in [-0.39, 0.29) is 0 Å². The van der Waals surface area contributed by atoms with Crippen LogP contribution in [0.25, 0.3) is 0 Å². The van der Waals surface area contributed by atoms with Crippen LogP contribution in [0.4, 0.5) is 5.69 Å². The van der Waals surface area contributed by atoms with Gasteiger partial charge in [0.1, 0.15) is 12.4 Å². The molecule has 0 aromatic heterocycles. The molecule has 2 aliphatic carbocycles. The number of piperidine rings is 1. The van der Waals surface area contributed by atoms with E-state index < -0.39 is 5.97 Å². The number of likely N-dealkylation sites (N-methyl/N-ethyl adjacent to an activating group) is 2. The summed E-state index contributed by atoms with van der Waals surface area (Å²) in [4.78, 5) is 16.6. The molecule has 2 aromatic rings. The first kappa shape index (κ1) is 28.7. The zero-order chi connectivity index (χ0) is 27.3. The molecule has 2 aromatic carbocycles. The third kappa shape index (κ3) is 5.98. The number of ether oxygens (including phenoxy) is 2. The Labute approximate surface area is 233 Å². The van der Waals surface area contributed by atoms with Gasteiger partial charge >= 0.3 is 5.97 Å². The summed E-state index contributed by atoms with van der Waals surface area (Å²) >= 11 is 5.93. The Bertz CT molecular complexity index is 1110. The first-order valence-electron chi connectivity index (χ1n) is 14.1. The number of halogens is 1. The molecule has 0 spiro atoms. The number of hydrogen-bond donors (Lipinski definition) is 1. The number of nitrogens with zero attached hydrogens (tertiary/aromatic N) is 2. The molecule has 6 nitrogen and oxygen atoms in total. The molecule has 2 fully saturated rings. The highest BCUT2D eigenvalue weighted by Crippen LogP contribution is 2.55. The lowest BCUT2D eigenvalue weighted by Crippen LogP contribution is -2.59. The lowest BCUT2D eigenvalue weighted by molar-refractivity contribution is 0.00274. The van der Waals surface area contributed by atoms with Gasteiger partial charge in [0.25, 0.3) is 0 Å². The monoisotopic (exact) mass is 541 g/mol. The van der Waals surface area contributed by atoms with Gasteiger partial charge in [-0.2, -0.15) is 0 Å². The van der Waals surface area contributed by atoms with Crippen molar-refractivity contribution in [3.63, 3.8) is 0 Å². The van der Waals surface area contributed by atoms with Crippen LogP contribution in [0, 0.1) is 5.92 Å². The third-order valence-electron chi connectivity index (χ3n) is 9.07. The van der Waals surface area contributed by atoms with Gasteiger partial charge in [0.2, 0.25) is 0 Å². The second-order valence-corrected chi connectivity index (χ2v) is 11.3. The van der Waals surface area contributed by atoms with Crippen LogP contribution in [0.15, 0.2) is 36.4 Å². The number of nitrogen functional groups attached to an aromatic ring is 1. The van der Waals surface area contributed by atoms with E-state index >= 15 is 0 Å². The van der Waals surface area contributed by atoms with E-state index in [0.29, 0.717) is 28.3 Å². The Morgan fingerprint density at radius 2 is 1.95 bits per heavy atom. The van der Waals surface area contributed by atoms with Crippen molar-refractivity contribution in [3.05, 3.63) is 58.1 Å². The third-order valence-corrected chi connectivity index (χ3v) is 9.38. The average Bonchev–Trinajstić information content (AvgIpc) is 2.93. The number of fused-ring (bicyclic) bond motifs is 1. The molecule has 0 amide bonds. The maximum absolute atomic E-state index is 11.8. The summed E-state index contributed by atoms with van der Waals surface area (Å²) in [5, 5.41) is 0.322. The number of carbonyl (C=O) groups excluding carboxylic acids is 1. The molecule has 5 rings (SSSR count). The Balaban J connectivity index is 0.000000179. The topological polar surface area (TPSA) is 68.0 Å². The molecule has 38 heavy (non-hydrogen) atoms. The molecule has 2 bridgehead atoms. The second kappa shape index (κ2) is 12.7. The van der Waals surface area contributed by atoms with Crippen LogP contribution in [-0.2, 0) is 16.6 Å². The molecule has 7 heteroatoms. The van der Waals surface area contributed by atoms with Gasteiger partial charge in [-0.05, 0) is 99.7 Å². The fourth-order valence-corrected chi connectivity index (χ4v) is 7.15. The number of methoxy groups -OCH3 is 1. The summed E-state index contributed by atoms with van der Waals surface area (Å²) in [7, 11) is 4.12. The van der Waals surface area contributed by atoms with Crippen molar-refractivity contribution in [2.45, 2.75) is 63.8 Å². The number of likely N-dealkylation sites (tertiary alicyclic amines) is 1. The highest BCUT2D eigenvalue weighted by Gasteiger charge is 2.53. The van der Waals surface area contributed by atoms with Crippen molar-refractivity contribution in [1.82, 2.24) is 9.80 Å². The number of nitrogens with two attached hydrogens (primary N) is 1. The highest BCUT2D eigenvalue weighted by molar-refractivity contribution is 6.33. The van der Waals surface area contributed by atoms with Crippen molar-refractivity contribution in [1.29, 1.82) is 0 Å². The largest absolute Gasteiger partial charge is 0.497 e. The predicted octanol–water partition coefficient (Wildman–Crippen LogP) is 5.80. The van der Waals surface area contributed by atoms with Gasteiger partial charge in [-0.3, -0.25) is 0 Å². The Kier molecular flexibility index (Phi) is 9.61. The molecule has 0 unspecified atom stereocenters. The molecular weight excluding hydrogens is 498 g/mol. The second-order valence-electron chi connectivity index (χ2n) is 10.9. The minimum Gasteiger partial charge on any atom is -0.497 e. The fraction of sp³-hybridized carbons (Fsp3) is 0.581. The van der Waals surface area contributed by atoms with Crippen molar-refractivity contribution < 1.29 is 14.3 Å². The first-order valence-corrected chi connectivity index (χ1v) is 14.5. The van der Waals surface area contributed by atoms with E-state index in [1.807, 2.05) is 0 Å². The zero-order valence-corrected chi connectivity index (χ0v) is 24.2. The predicted molar refractivity (Wildman–Crippen MR) is 155 cm³/mol. The molecule has 208 valence electrons. The number of anilines is 1.